The Morgan fingerprint density at radius 3 is 2.67 bits per heavy atom. The maximum absolute atomic E-state index is 13.4. The van der Waals surface area contributed by atoms with Crippen LogP contribution in [0.2, 0.25) is 10.0 Å². The average Bonchev–Trinajstić information content (AvgIpc) is 2.62. The molecule has 6 nitrogen and oxygen atoms in total. The summed E-state index contributed by atoms with van der Waals surface area (Å²) in [6, 6.07) is 7.71. The predicted molar refractivity (Wildman–Crippen MR) is 101 cm³/mol. The first kappa shape index (κ1) is 19.1. The summed E-state index contributed by atoms with van der Waals surface area (Å²) in [6.07, 6.45) is 0. The molecule has 2 aromatic rings. The number of imide groups is 1. The van der Waals surface area contributed by atoms with Gasteiger partial charge in [-0.2, -0.15) is 0 Å². The van der Waals surface area contributed by atoms with E-state index in [4.69, 9.17) is 23.2 Å². The molecule has 1 unspecified atom stereocenters. The molecule has 0 spiro atoms. The lowest BCUT2D eigenvalue weighted by atomic mass is 10.0. The number of carbonyl (C=O) groups is 3. The fraction of sp³-hybridized carbons (Fsp3) is 0.167. The summed E-state index contributed by atoms with van der Waals surface area (Å²) >= 11 is 11.8. The monoisotopic (exact) mass is 409 g/mol. The number of nitrogens with one attached hydrogen (secondary N) is 2. The molecular weight excluding hydrogens is 396 g/mol. The number of urea groups is 1. The lowest BCUT2D eigenvalue weighted by molar-refractivity contribution is -0.130. The normalized spacial score (nSPS) is 16.9. The zero-order valence-corrected chi connectivity index (χ0v) is 15.6. The molecule has 0 bridgehead atoms. The van der Waals surface area contributed by atoms with Gasteiger partial charge in [-0.1, -0.05) is 29.3 Å². The van der Waals surface area contributed by atoms with Gasteiger partial charge in [0, 0.05) is 17.3 Å². The third-order valence-corrected chi connectivity index (χ3v) is 4.88. The summed E-state index contributed by atoms with van der Waals surface area (Å²) in [6.45, 7) is 1.57. The van der Waals surface area contributed by atoms with E-state index in [1.54, 1.807) is 25.1 Å². The smallest absolute Gasteiger partial charge is 0.328 e. The minimum atomic E-state index is -1.16. The first-order valence-electron chi connectivity index (χ1n) is 7.92. The molecule has 2 N–H and O–H groups in total. The van der Waals surface area contributed by atoms with E-state index >= 15 is 0 Å². The van der Waals surface area contributed by atoms with Gasteiger partial charge in [0.05, 0.1) is 10.7 Å². The zero-order valence-electron chi connectivity index (χ0n) is 14.1. The van der Waals surface area contributed by atoms with Crippen molar-refractivity contribution in [2.75, 3.05) is 16.8 Å². The number of anilines is 2. The second kappa shape index (κ2) is 7.54. The predicted octanol–water partition coefficient (Wildman–Crippen LogP) is 3.75. The van der Waals surface area contributed by atoms with Gasteiger partial charge in [-0.15, -0.1) is 0 Å². The standard InChI is InChI=1S/C18H14Cl2FN3O3/c1-9-12(19)3-2-4-15(9)23-16(25)11-8-22-18(27)24(17(11)26)10-5-6-14(21)13(20)7-10/h2-7,11H,8H2,1H3,(H,22,27)(H,23,25). The van der Waals surface area contributed by atoms with Crippen molar-refractivity contribution < 1.29 is 18.8 Å². The second-order valence-electron chi connectivity index (χ2n) is 5.91. The Morgan fingerprint density at radius 2 is 1.96 bits per heavy atom. The Morgan fingerprint density at radius 1 is 1.22 bits per heavy atom. The zero-order chi connectivity index (χ0) is 19.7. The Hall–Kier alpha value is -2.64. The van der Waals surface area contributed by atoms with Crippen molar-refractivity contribution in [3.8, 4) is 0 Å². The third kappa shape index (κ3) is 3.74. The van der Waals surface area contributed by atoms with Gasteiger partial charge < -0.3 is 10.6 Å². The van der Waals surface area contributed by atoms with Crippen molar-refractivity contribution in [2.24, 2.45) is 5.92 Å². The van der Waals surface area contributed by atoms with Crippen LogP contribution in [0, 0.1) is 18.7 Å². The number of nitrogens with zero attached hydrogens (tertiary/aromatic N) is 1. The van der Waals surface area contributed by atoms with Crippen LogP contribution in [0.3, 0.4) is 0 Å². The van der Waals surface area contributed by atoms with E-state index in [2.05, 4.69) is 10.6 Å². The maximum Gasteiger partial charge on any atom is 0.328 e. The first-order valence-corrected chi connectivity index (χ1v) is 8.68. The fourth-order valence-corrected chi connectivity index (χ4v) is 3.00. The maximum atomic E-state index is 13.4. The summed E-state index contributed by atoms with van der Waals surface area (Å²) in [5, 5.41) is 5.36. The lowest BCUT2D eigenvalue weighted by Crippen LogP contribution is -2.58. The topological polar surface area (TPSA) is 78.5 Å². The molecule has 1 saturated heterocycles. The Bertz CT molecular complexity index is 951. The number of halogens is 3. The quantitative estimate of drug-likeness (QED) is 0.757. The van der Waals surface area contributed by atoms with Crippen LogP contribution in [0.25, 0.3) is 0 Å². The number of benzene rings is 2. The number of hydrogen-bond acceptors (Lipinski definition) is 3. The molecule has 0 radical (unpaired) electrons. The van der Waals surface area contributed by atoms with E-state index < -0.39 is 29.6 Å². The summed E-state index contributed by atoms with van der Waals surface area (Å²) < 4.78 is 13.4. The Balaban J connectivity index is 1.85. The number of hydrogen-bond donors (Lipinski definition) is 2. The van der Waals surface area contributed by atoms with Crippen molar-refractivity contribution in [1.29, 1.82) is 0 Å². The van der Waals surface area contributed by atoms with Crippen molar-refractivity contribution >= 4 is 52.4 Å². The number of carbonyl (C=O) groups excluding carboxylic acids is 3. The summed E-state index contributed by atoms with van der Waals surface area (Å²) in [5.74, 6) is -3.18. The van der Waals surface area contributed by atoms with Gasteiger partial charge in [-0.3, -0.25) is 9.59 Å². The Labute approximate surface area is 164 Å². The van der Waals surface area contributed by atoms with Gasteiger partial charge in [0.15, 0.2) is 0 Å². The van der Waals surface area contributed by atoms with E-state index in [-0.39, 0.29) is 17.3 Å². The van der Waals surface area contributed by atoms with Crippen LogP contribution in [0.5, 0.6) is 0 Å². The van der Waals surface area contributed by atoms with Crippen LogP contribution < -0.4 is 15.5 Å². The van der Waals surface area contributed by atoms with Crippen LogP contribution in [0.4, 0.5) is 20.6 Å². The highest BCUT2D eigenvalue weighted by Gasteiger charge is 2.39. The molecule has 2 aromatic carbocycles. The Kier molecular flexibility index (Phi) is 5.34. The summed E-state index contributed by atoms with van der Waals surface area (Å²) in [7, 11) is 0. The van der Waals surface area contributed by atoms with Gasteiger partial charge in [0.1, 0.15) is 11.7 Å². The highest BCUT2D eigenvalue weighted by atomic mass is 35.5. The van der Waals surface area contributed by atoms with Crippen molar-refractivity contribution in [3.05, 3.63) is 57.8 Å². The molecule has 1 fully saturated rings. The SMILES string of the molecule is Cc1c(Cl)cccc1NC(=O)C1CNC(=O)N(c2ccc(F)c(Cl)c2)C1=O. The molecule has 1 aliphatic rings. The molecule has 1 aliphatic heterocycles. The molecule has 9 heteroatoms. The average molecular weight is 410 g/mol. The van der Waals surface area contributed by atoms with E-state index in [0.717, 1.165) is 17.0 Å². The molecule has 1 heterocycles. The van der Waals surface area contributed by atoms with E-state index in [0.29, 0.717) is 16.3 Å². The van der Waals surface area contributed by atoms with Crippen LogP contribution in [0.1, 0.15) is 5.56 Å². The van der Waals surface area contributed by atoms with Gasteiger partial charge in [0.25, 0.3) is 0 Å². The van der Waals surface area contributed by atoms with Crippen molar-refractivity contribution in [3.63, 3.8) is 0 Å². The second-order valence-corrected chi connectivity index (χ2v) is 6.73. The first-order chi connectivity index (χ1) is 12.8. The van der Waals surface area contributed by atoms with Gasteiger partial charge >= 0.3 is 6.03 Å². The van der Waals surface area contributed by atoms with Gasteiger partial charge in [0.2, 0.25) is 11.8 Å². The van der Waals surface area contributed by atoms with Gasteiger partial charge in [-0.25, -0.2) is 14.1 Å². The molecule has 27 heavy (non-hydrogen) atoms. The molecule has 0 aliphatic carbocycles. The molecule has 140 valence electrons. The third-order valence-electron chi connectivity index (χ3n) is 4.18. The molecule has 4 amide bonds. The highest BCUT2D eigenvalue weighted by Crippen LogP contribution is 2.27. The molecule has 3 rings (SSSR count). The van der Waals surface area contributed by atoms with Crippen LogP contribution in [0.15, 0.2) is 36.4 Å². The van der Waals surface area contributed by atoms with E-state index in [9.17, 15) is 18.8 Å². The van der Waals surface area contributed by atoms with Crippen LogP contribution in [-0.2, 0) is 9.59 Å². The minimum absolute atomic E-state index is 0.0698. The summed E-state index contributed by atoms with van der Waals surface area (Å²) in [4.78, 5) is 38.3. The van der Waals surface area contributed by atoms with E-state index in [1.807, 2.05) is 0 Å². The molecular formula is C18H14Cl2FN3O3. The van der Waals surface area contributed by atoms with Crippen molar-refractivity contribution in [1.82, 2.24) is 5.32 Å². The number of rotatable bonds is 3. The minimum Gasteiger partial charge on any atom is -0.336 e. The molecule has 0 aromatic heterocycles. The van der Waals surface area contributed by atoms with Gasteiger partial charge in [-0.05, 0) is 42.8 Å². The molecule has 0 saturated carbocycles. The van der Waals surface area contributed by atoms with Crippen molar-refractivity contribution in [2.45, 2.75) is 6.92 Å². The highest BCUT2D eigenvalue weighted by molar-refractivity contribution is 6.32. The fourth-order valence-electron chi connectivity index (χ4n) is 2.65. The summed E-state index contributed by atoms with van der Waals surface area (Å²) in [5.41, 5.74) is 1.19. The molecule has 1 atom stereocenters. The number of amides is 4. The van der Waals surface area contributed by atoms with Crippen LogP contribution in [-0.4, -0.2) is 24.4 Å². The lowest BCUT2D eigenvalue weighted by Gasteiger charge is -2.30. The largest absolute Gasteiger partial charge is 0.336 e. The van der Waals surface area contributed by atoms with Crippen LogP contribution >= 0.6 is 23.2 Å². The van der Waals surface area contributed by atoms with E-state index in [1.165, 1.54) is 6.07 Å².